The van der Waals surface area contributed by atoms with E-state index in [1.165, 1.54) is 29.8 Å². The van der Waals surface area contributed by atoms with Crippen LogP contribution in [0.5, 0.6) is 0 Å². The maximum absolute atomic E-state index is 5.93. The third-order valence-electron chi connectivity index (χ3n) is 5.10. The number of nitrogens with zero attached hydrogens (tertiary/aromatic N) is 2. The molecule has 1 aromatic heterocycles. The van der Waals surface area contributed by atoms with Crippen LogP contribution in [0.1, 0.15) is 39.3 Å². The van der Waals surface area contributed by atoms with Crippen LogP contribution in [0.2, 0.25) is 0 Å². The van der Waals surface area contributed by atoms with Gasteiger partial charge in [0, 0.05) is 31.0 Å². The predicted molar refractivity (Wildman–Crippen MR) is 105 cm³/mol. The van der Waals surface area contributed by atoms with Crippen LogP contribution in [0.25, 0.3) is 11.3 Å². The number of ether oxygens (including phenoxy) is 1. The molecule has 0 N–H and O–H groups in total. The Balaban J connectivity index is 1.59. The van der Waals surface area contributed by atoms with Crippen molar-refractivity contribution in [1.82, 2.24) is 9.47 Å². The van der Waals surface area contributed by atoms with Crippen LogP contribution in [0.4, 0.5) is 0 Å². The standard InChI is InChI=1S/C22H32N2O/c1-18-10-11-21(20-8-6-5-7-9-20)24(18)16-19-12-14-23(15-13-19)17-25-22(2,3)4/h5-11,19H,12-17H2,1-4H3. The molecule has 136 valence electrons. The minimum atomic E-state index is -0.0519. The second-order valence-electron chi connectivity index (χ2n) is 8.28. The topological polar surface area (TPSA) is 17.4 Å². The van der Waals surface area contributed by atoms with Gasteiger partial charge in [-0.1, -0.05) is 30.3 Å². The monoisotopic (exact) mass is 340 g/mol. The van der Waals surface area contributed by atoms with Gasteiger partial charge >= 0.3 is 0 Å². The molecule has 0 amide bonds. The summed E-state index contributed by atoms with van der Waals surface area (Å²) in [4.78, 5) is 2.45. The molecule has 1 saturated heterocycles. The fourth-order valence-electron chi connectivity index (χ4n) is 3.51. The largest absolute Gasteiger partial charge is 0.360 e. The molecule has 3 heteroatoms. The summed E-state index contributed by atoms with van der Waals surface area (Å²) < 4.78 is 8.43. The van der Waals surface area contributed by atoms with Gasteiger partial charge in [0.2, 0.25) is 0 Å². The minimum absolute atomic E-state index is 0.0519. The lowest BCUT2D eigenvalue weighted by Crippen LogP contribution is -2.38. The van der Waals surface area contributed by atoms with E-state index in [0.717, 1.165) is 32.3 Å². The van der Waals surface area contributed by atoms with Crippen LogP contribution in [0.15, 0.2) is 42.5 Å². The summed E-state index contributed by atoms with van der Waals surface area (Å²) in [5.41, 5.74) is 3.96. The average Bonchev–Trinajstić information content (AvgIpc) is 2.95. The molecule has 2 aromatic rings. The second kappa shape index (κ2) is 7.76. The van der Waals surface area contributed by atoms with E-state index >= 15 is 0 Å². The molecule has 0 saturated carbocycles. The molecule has 3 nitrogen and oxygen atoms in total. The van der Waals surface area contributed by atoms with Crippen LogP contribution in [0.3, 0.4) is 0 Å². The molecule has 0 bridgehead atoms. The molecule has 1 aliphatic rings. The Kier molecular flexibility index (Phi) is 5.65. The zero-order valence-electron chi connectivity index (χ0n) is 16.2. The van der Waals surface area contributed by atoms with E-state index in [0.29, 0.717) is 0 Å². The summed E-state index contributed by atoms with van der Waals surface area (Å²) in [6.07, 6.45) is 2.50. The number of piperidine rings is 1. The van der Waals surface area contributed by atoms with Crippen LogP contribution in [0, 0.1) is 12.8 Å². The molecule has 25 heavy (non-hydrogen) atoms. The Morgan fingerprint density at radius 3 is 2.32 bits per heavy atom. The van der Waals surface area contributed by atoms with Gasteiger partial charge in [0.15, 0.2) is 0 Å². The minimum Gasteiger partial charge on any atom is -0.360 e. The Labute approximate surface area is 152 Å². The number of rotatable bonds is 5. The van der Waals surface area contributed by atoms with Crippen molar-refractivity contribution in [2.75, 3.05) is 19.8 Å². The van der Waals surface area contributed by atoms with Crippen molar-refractivity contribution in [3.05, 3.63) is 48.2 Å². The first-order chi connectivity index (χ1) is 11.9. The predicted octanol–water partition coefficient (Wildman–Crippen LogP) is 4.95. The van der Waals surface area contributed by atoms with Crippen molar-refractivity contribution >= 4 is 0 Å². The first-order valence-electron chi connectivity index (χ1n) is 9.50. The van der Waals surface area contributed by atoms with Crippen LogP contribution >= 0.6 is 0 Å². The first-order valence-corrected chi connectivity index (χ1v) is 9.50. The molecular weight excluding hydrogens is 308 g/mol. The van der Waals surface area contributed by atoms with E-state index in [1.807, 2.05) is 0 Å². The Bertz CT molecular complexity index is 661. The van der Waals surface area contributed by atoms with Crippen LogP contribution in [-0.4, -0.2) is 34.9 Å². The summed E-state index contributed by atoms with van der Waals surface area (Å²) in [5.74, 6) is 0.749. The fraction of sp³-hybridized carbons (Fsp3) is 0.545. The molecule has 0 unspecified atom stereocenters. The highest BCUT2D eigenvalue weighted by atomic mass is 16.5. The van der Waals surface area contributed by atoms with Gasteiger partial charge in [0.1, 0.15) is 0 Å². The van der Waals surface area contributed by atoms with E-state index in [1.54, 1.807) is 0 Å². The number of aromatic nitrogens is 1. The number of aryl methyl sites for hydroxylation is 1. The van der Waals surface area contributed by atoms with Crippen molar-refractivity contribution in [2.24, 2.45) is 5.92 Å². The number of likely N-dealkylation sites (tertiary alicyclic amines) is 1. The smallest absolute Gasteiger partial charge is 0.0997 e. The zero-order chi connectivity index (χ0) is 17.9. The summed E-state index contributed by atoms with van der Waals surface area (Å²) in [6, 6.07) is 15.2. The quantitative estimate of drug-likeness (QED) is 0.766. The van der Waals surface area contributed by atoms with Crippen molar-refractivity contribution in [2.45, 2.75) is 52.7 Å². The highest BCUT2D eigenvalue weighted by molar-refractivity contribution is 5.60. The van der Waals surface area contributed by atoms with Gasteiger partial charge in [0.25, 0.3) is 0 Å². The third kappa shape index (κ3) is 4.96. The Morgan fingerprint density at radius 1 is 1.00 bits per heavy atom. The third-order valence-corrected chi connectivity index (χ3v) is 5.10. The number of benzene rings is 1. The maximum Gasteiger partial charge on any atom is 0.0997 e. The van der Waals surface area contributed by atoms with Gasteiger partial charge in [-0.2, -0.15) is 0 Å². The molecule has 2 heterocycles. The van der Waals surface area contributed by atoms with Gasteiger partial charge in [0.05, 0.1) is 12.3 Å². The average molecular weight is 341 g/mol. The van der Waals surface area contributed by atoms with Crippen molar-refractivity contribution in [3.63, 3.8) is 0 Å². The van der Waals surface area contributed by atoms with E-state index < -0.39 is 0 Å². The van der Waals surface area contributed by atoms with Crippen molar-refractivity contribution in [1.29, 1.82) is 0 Å². The van der Waals surface area contributed by atoms with E-state index in [-0.39, 0.29) is 5.60 Å². The van der Waals surface area contributed by atoms with Gasteiger partial charge in [-0.3, -0.25) is 4.90 Å². The second-order valence-corrected chi connectivity index (χ2v) is 8.28. The van der Waals surface area contributed by atoms with Crippen LogP contribution in [-0.2, 0) is 11.3 Å². The molecule has 0 aliphatic carbocycles. The molecule has 3 rings (SSSR count). The lowest BCUT2D eigenvalue weighted by Gasteiger charge is -2.34. The molecule has 0 radical (unpaired) electrons. The summed E-state index contributed by atoms with van der Waals surface area (Å²) in [7, 11) is 0. The van der Waals surface area contributed by atoms with Crippen LogP contribution < -0.4 is 0 Å². The lowest BCUT2D eigenvalue weighted by atomic mass is 9.96. The highest BCUT2D eigenvalue weighted by Gasteiger charge is 2.22. The molecule has 1 aromatic carbocycles. The SMILES string of the molecule is Cc1ccc(-c2ccccc2)n1CC1CCN(COC(C)(C)C)CC1. The molecule has 1 aliphatic heterocycles. The van der Waals surface area contributed by atoms with Gasteiger partial charge in [-0.05, 0) is 64.2 Å². The molecule has 0 atom stereocenters. The Hall–Kier alpha value is -1.58. The van der Waals surface area contributed by atoms with Gasteiger partial charge in [-0.15, -0.1) is 0 Å². The normalized spacial score (nSPS) is 17.1. The van der Waals surface area contributed by atoms with Crippen molar-refractivity contribution < 1.29 is 4.74 Å². The Morgan fingerprint density at radius 2 is 1.68 bits per heavy atom. The summed E-state index contributed by atoms with van der Waals surface area (Å²) >= 11 is 0. The van der Waals surface area contributed by atoms with Crippen molar-refractivity contribution in [3.8, 4) is 11.3 Å². The summed E-state index contributed by atoms with van der Waals surface area (Å²) in [6.45, 7) is 12.8. The molecule has 1 fully saturated rings. The van der Waals surface area contributed by atoms with E-state index in [2.05, 4.69) is 79.6 Å². The van der Waals surface area contributed by atoms with Gasteiger partial charge < -0.3 is 9.30 Å². The first kappa shape index (κ1) is 18.2. The van der Waals surface area contributed by atoms with Gasteiger partial charge in [-0.25, -0.2) is 0 Å². The fourth-order valence-corrected chi connectivity index (χ4v) is 3.51. The highest BCUT2D eigenvalue weighted by Crippen LogP contribution is 2.27. The summed E-state index contributed by atoms with van der Waals surface area (Å²) in [5, 5.41) is 0. The zero-order valence-corrected chi connectivity index (χ0v) is 16.2. The van der Waals surface area contributed by atoms with E-state index in [4.69, 9.17) is 4.74 Å². The van der Waals surface area contributed by atoms with E-state index in [9.17, 15) is 0 Å². The number of hydrogen-bond acceptors (Lipinski definition) is 2. The molecular formula is C22H32N2O. The number of hydrogen-bond donors (Lipinski definition) is 0. The lowest BCUT2D eigenvalue weighted by molar-refractivity contribution is -0.0715. The molecule has 0 spiro atoms. The maximum atomic E-state index is 5.93.